The highest BCUT2D eigenvalue weighted by Crippen LogP contribution is 2.17. The number of hydrogen-bond acceptors (Lipinski definition) is 2. The number of hydrogen-bond donors (Lipinski definition) is 2. The van der Waals surface area contributed by atoms with Crippen molar-refractivity contribution in [3.63, 3.8) is 0 Å². The molecule has 1 aliphatic heterocycles. The van der Waals surface area contributed by atoms with Crippen LogP contribution < -0.4 is 10.6 Å². The second-order valence-corrected chi connectivity index (χ2v) is 5.84. The standard InChI is InChI=1S/C13H25N3S/c1-11(16-8-4-5-9-16)10-14-13(17)15-12-6-2-3-7-12/h11-12H,2-10H2,1H3,(H2,14,15,17). The van der Waals surface area contributed by atoms with E-state index in [4.69, 9.17) is 12.2 Å². The first-order valence-corrected chi connectivity index (χ1v) is 7.45. The van der Waals surface area contributed by atoms with E-state index in [0.29, 0.717) is 12.1 Å². The molecule has 0 aromatic carbocycles. The van der Waals surface area contributed by atoms with Crippen LogP contribution in [0.25, 0.3) is 0 Å². The molecule has 0 amide bonds. The molecular weight excluding hydrogens is 230 g/mol. The van der Waals surface area contributed by atoms with Gasteiger partial charge in [0.25, 0.3) is 0 Å². The van der Waals surface area contributed by atoms with Gasteiger partial charge in [0.2, 0.25) is 0 Å². The van der Waals surface area contributed by atoms with E-state index in [2.05, 4.69) is 22.5 Å². The van der Waals surface area contributed by atoms with Gasteiger partial charge < -0.3 is 10.6 Å². The maximum Gasteiger partial charge on any atom is 0.166 e. The van der Waals surface area contributed by atoms with E-state index in [9.17, 15) is 0 Å². The van der Waals surface area contributed by atoms with Crippen LogP contribution in [0.2, 0.25) is 0 Å². The van der Waals surface area contributed by atoms with Gasteiger partial charge in [-0.1, -0.05) is 12.8 Å². The van der Waals surface area contributed by atoms with E-state index < -0.39 is 0 Å². The summed E-state index contributed by atoms with van der Waals surface area (Å²) in [5.74, 6) is 0. The van der Waals surface area contributed by atoms with Gasteiger partial charge in [-0.15, -0.1) is 0 Å². The Morgan fingerprint density at radius 1 is 1.24 bits per heavy atom. The molecule has 0 spiro atoms. The molecule has 17 heavy (non-hydrogen) atoms. The summed E-state index contributed by atoms with van der Waals surface area (Å²) in [6.45, 7) is 5.77. The van der Waals surface area contributed by atoms with Crippen LogP contribution in [0.15, 0.2) is 0 Å². The molecule has 1 atom stereocenters. The topological polar surface area (TPSA) is 27.3 Å². The van der Waals surface area contributed by atoms with Crippen molar-refractivity contribution in [2.75, 3.05) is 19.6 Å². The lowest BCUT2D eigenvalue weighted by Crippen LogP contribution is -2.46. The van der Waals surface area contributed by atoms with Crippen molar-refractivity contribution in [1.29, 1.82) is 0 Å². The van der Waals surface area contributed by atoms with Gasteiger partial charge in [-0.05, 0) is 57.9 Å². The van der Waals surface area contributed by atoms with E-state index in [-0.39, 0.29) is 0 Å². The van der Waals surface area contributed by atoms with Crippen molar-refractivity contribution in [2.45, 2.75) is 57.5 Å². The first kappa shape index (κ1) is 13.1. The molecule has 98 valence electrons. The first-order valence-electron chi connectivity index (χ1n) is 7.04. The fraction of sp³-hybridized carbons (Fsp3) is 0.923. The van der Waals surface area contributed by atoms with Gasteiger partial charge in [-0.2, -0.15) is 0 Å². The summed E-state index contributed by atoms with van der Waals surface area (Å²) in [5, 5.41) is 7.64. The molecule has 0 bridgehead atoms. The Bertz CT molecular complexity index is 245. The summed E-state index contributed by atoms with van der Waals surface area (Å²) in [4.78, 5) is 2.55. The zero-order valence-electron chi connectivity index (χ0n) is 10.9. The molecular formula is C13H25N3S. The van der Waals surface area contributed by atoms with Gasteiger partial charge in [0, 0.05) is 18.6 Å². The van der Waals surface area contributed by atoms with Gasteiger partial charge in [0.15, 0.2) is 5.11 Å². The van der Waals surface area contributed by atoms with Gasteiger partial charge in [0.1, 0.15) is 0 Å². The molecule has 1 saturated carbocycles. The molecule has 1 unspecified atom stereocenters. The Balaban J connectivity index is 1.61. The third-order valence-corrected chi connectivity index (χ3v) is 4.27. The van der Waals surface area contributed by atoms with Crippen molar-refractivity contribution >= 4 is 17.3 Å². The van der Waals surface area contributed by atoms with E-state index in [0.717, 1.165) is 11.7 Å². The van der Waals surface area contributed by atoms with Crippen LogP contribution in [0, 0.1) is 0 Å². The molecule has 0 aromatic heterocycles. The van der Waals surface area contributed by atoms with Crippen molar-refractivity contribution in [3.8, 4) is 0 Å². The molecule has 1 saturated heterocycles. The predicted octanol–water partition coefficient (Wildman–Crippen LogP) is 1.88. The Morgan fingerprint density at radius 3 is 2.53 bits per heavy atom. The summed E-state index contributed by atoms with van der Waals surface area (Å²) in [6, 6.07) is 1.22. The smallest absolute Gasteiger partial charge is 0.166 e. The number of likely N-dealkylation sites (tertiary alicyclic amines) is 1. The number of nitrogens with one attached hydrogen (secondary N) is 2. The van der Waals surface area contributed by atoms with Gasteiger partial charge in [-0.3, -0.25) is 4.90 Å². The molecule has 2 fully saturated rings. The lowest BCUT2D eigenvalue weighted by Gasteiger charge is -2.25. The molecule has 4 heteroatoms. The van der Waals surface area contributed by atoms with E-state index in [1.165, 1.54) is 51.6 Å². The van der Waals surface area contributed by atoms with Crippen LogP contribution in [0.1, 0.15) is 45.4 Å². The van der Waals surface area contributed by atoms with Crippen LogP contribution in [-0.4, -0.2) is 41.7 Å². The monoisotopic (exact) mass is 255 g/mol. The van der Waals surface area contributed by atoms with Crippen molar-refractivity contribution < 1.29 is 0 Å². The lowest BCUT2D eigenvalue weighted by atomic mass is 10.2. The lowest BCUT2D eigenvalue weighted by molar-refractivity contribution is 0.259. The minimum atomic E-state index is 0.598. The van der Waals surface area contributed by atoms with Crippen LogP contribution in [0.3, 0.4) is 0 Å². The molecule has 2 N–H and O–H groups in total. The quantitative estimate of drug-likeness (QED) is 0.750. The maximum absolute atomic E-state index is 5.34. The largest absolute Gasteiger partial charge is 0.361 e. The van der Waals surface area contributed by atoms with Crippen molar-refractivity contribution in [1.82, 2.24) is 15.5 Å². The molecule has 1 aliphatic carbocycles. The van der Waals surface area contributed by atoms with E-state index >= 15 is 0 Å². The summed E-state index contributed by atoms with van der Waals surface area (Å²) in [6.07, 6.45) is 7.98. The Labute approximate surface area is 110 Å². The second-order valence-electron chi connectivity index (χ2n) is 5.43. The summed E-state index contributed by atoms with van der Waals surface area (Å²) < 4.78 is 0. The highest BCUT2D eigenvalue weighted by atomic mass is 32.1. The van der Waals surface area contributed by atoms with Crippen LogP contribution >= 0.6 is 12.2 Å². The Kier molecular flexibility index (Phi) is 5.04. The molecule has 0 radical (unpaired) electrons. The third-order valence-electron chi connectivity index (χ3n) is 4.01. The average molecular weight is 255 g/mol. The third kappa shape index (κ3) is 4.11. The summed E-state index contributed by atoms with van der Waals surface area (Å²) in [5.41, 5.74) is 0. The number of nitrogens with zero attached hydrogens (tertiary/aromatic N) is 1. The normalized spacial score (nSPS) is 23.8. The number of rotatable bonds is 4. The summed E-state index contributed by atoms with van der Waals surface area (Å²) in [7, 11) is 0. The fourth-order valence-corrected chi connectivity index (χ4v) is 3.11. The van der Waals surface area contributed by atoms with Gasteiger partial charge in [-0.25, -0.2) is 0 Å². The highest BCUT2D eigenvalue weighted by Gasteiger charge is 2.19. The fourth-order valence-electron chi connectivity index (χ4n) is 2.86. The van der Waals surface area contributed by atoms with Crippen LogP contribution in [0.4, 0.5) is 0 Å². The average Bonchev–Trinajstić information content (AvgIpc) is 2.97. The van der Waals surface area contributed by atoms with E-state index in [1.807, 2.05) is 0 Å². The second kappa shape index (κ2) is 6.55. The summed E-state index contributed by atoms with van der Waals surface area (Å²) >= 11 is 5.34. The molecule has 2 aliphatic rings. The zero-order valence-corrected chi connectivity index (χ0v) is 11.7. The predicted molar refractivity (Wildman–Crippen MR) is 76.3 cm³/mol. The molecule has 3 nitrogen and oxygen atoms in total. The first-order chi connectivity index (χ1) is 8.25. The molecule has 1 heterocycles. The van der Waals surface area contributed by atoms with Crippen molar-refractivity contribution in [3.05, 3.63) is 0 Å². The van der Waals surface area contributed by atoms with Crippen molar-refractivity contribution in [2.24, 2.45) is 0 Å². The highest BCUT2D eigenvalue weighted by molar-refractivity contribution is 7.80. The number of thiocarbonyl (C=S) groups is 1. The zero-order chi connectivity index (χ0) is 12.1. The maximum atomic E-state index is 5.34. The van der Waals surface area contributed by atoms with Crippen LogP contribution in [0.5, 0.6) is 0 Å². The van der Waals surface area contributed by atoms with Crippen LogP contribution in [-0.2, 0) is 0 Å². The Morgan fingerprint density at radius 2 is 1.88 bits per heavy atom. The minimum Gasteiger partial charge on any atom is -0.361 e. The molecule has 0 aromatic rings. The van der Waals surface area contributed by atoms with Gasteiger partial charge in [0.05, 0.1) is 0 Å². The van der Waals surface area contributed by atoms with E-state index in [1.54, 1.807) is 0 Å². The SMILES string of the molecule is CC(CNC(=S)NC1CCCC1)N1CCCC1. The van der Waals surface area contributed by atoms with Gasteiger partial charge >= 0.3 is 0 Å². The molecule has 2 rings (SSSR count). The Hall–Kier alpha value is -0.350. The minimum absolute atomic E-state index is 0.598.